The first-order chi connectivity index (χ1) is 14.8. The Labute approximate surface area is 169 Å². The normalized spacial score (nSPS) is 11.7. The Morgan fingerprint density at radius 1 is 0.862 bits per heavy atom. The number of nitrogens with one attached hydrogen (secondary N) is 2. The van der Waals surface area contributed by atoms with Crippen molar-refractivity contribution < 1.29 is 22.2 Å². The van der Waals surface area contributed by atoms with E-state index >= 15 is 0 Å². The number of aromatic carboxylic acids is 1. The van der Waals surface area contributed by atoms with E-state index in [1.54, 1.807) is 42.5 Å². The molecule has 0 spiro atoms. The minimum absolute atomic E-state index is 0.0671. The second kappa shape index (κ2) is 9.23. The largest absolute Gasteiger partial charge is 0.478 e. The number of rotatable bonds is 7. The Bertz CT molecular complexity index is 1110. The van der Waals surface area contributed by atoms with E-state index in [1.165, 1.54) is 18.2 Å². The lowest BCUT2D eigenvalue weighted by Gasteiger charge is -2.07. The van der Waals surface area contributed by atoms with Gasteiger partial charge < -0.3 is 15.7 Å². The Hall–Kier alpha value is -4.07. The van der Waals surface area contributed by atoms with Gasteiger partial charge in [-0.1, -0.05) is 42.5 Å². The van der Waals surface area contributed by atoms with Crippen LogP contribution in [0.4, 0.5) is 0 Å². The van der Waals surface area contributed by atoms with E-state index in [2.05, 4.69) is 20.6 Å². The molecule has 0 unspecified atom stereocenters. The van der Waals surface area contributed by atoms with Crippen LogP contribution in [0.1, 0.15) is 45.2 Å². The topological polar surface area (TPSA) is 121 Å². The molecular weight excluding hydrogens is 372 g/mol. The van der Waals surface area contributed by atoms with Crippen molar-refractivity contribution in [3.63, 3.8) is 0 Å². The van der Waals surface area contributed by atoms with Crippen molar-refractivity contribution in [3.8, 4) is 0 Å². The van der Waals surface area contributed by atoms with Gasteiger partial charge in [-0.15, -0.1) is 0 Å². The molecule has 3 rings (SSSR count). The van der Waals surface area contributed by atoms with Crippen LogP contribution in [0.3, 0.4) is 0 Å². The molecule has 0 saturated carbocycles. The highest BCUT2D eigenvalue weighted by Crippen LogP contribution is 2.05. The maximum atomic E-state index is 12.5. The molecule has 0 aliphatic heterocycles. The number of carboxylic acids is 1. The van der Waals surface area contributed by atoms with Crippen LogP contribution in [0.15, 0.2) is 67.0 Å². The van der Waals surface area contributed by atoms with Crippen molar-refractivity contribution in [2.24, 2.45) is 0 Å². The minimum Gasteiger partial charge on any atom is -0.478 e. The van der Waals surface area contributed by atoms with Gasteiger partial charge in [0.2, 0.25) is 0 Å². The molecule has 0 radical (unpaired) electrons. The van der Waals surface area contributed by atoms with E-state index < -0.39 is 24.3 Å². The van der Waals surface area contributed by atoms with E-state index in [0.717, 1.165) is 6.33 Å². The van der Waals surface area contributed by atoms with E-state index in [9.17, 15) is 14.4 Å². The molecule has 0 aliphatic carbocycles. The summed E-state index contributed by atoms with van der Waals surface area (Å²) in [7, 11) is 0. The molecule has 0 atom stereocenters. The van der Waals surface area contributed by atoms with Gasteiger partial charge in [-0.25, -0.2) is 14.8 Å². The lowest BCUT2D eigenvalue weighted by atomic mass is 10.1. The monoisotopic (exact) mass is 392 g/mol. The molecule has 1 heterocycles. The zero-order chi connectivity index (χ0) is 22.4. The third-order valence-corrected chi connectivity index (χ3v) is 3.88. The van der Waals surface area contributed by atoms with Crippen LogP contribution < -0.4 is 10.6 Å². The minimum atomic E-state index is -2.13. The standard InChI is InChI=1S/C21H18N4O4/c26-19(22-11-14-4-2-1-3-5-14)17-10-18(25-13-24-17)20(27)23-12-15-6-8-16(9-7-15)21(28)29/h1-10,13H,11-12H2,(H,22,26)(H,23,27)(H,28,29)/i11D2. The van der Waals surface area contributed by atoms with Crippen molar-refractivity contribution in [1.29, 1.82) is 0 Å². The highest BCUT2D eigenvalue weighted by Gasteiger charge is 2.13. The summed E-state index contributed by atoms with van der Waals surface area (Å²) < 4.78 is 16.1. The molecule has 3 N–H and O–H groups in total. The number of carboxylic acid groups (broad SMARTS) is 1. The van der Waals surface area contributed by atoms with Crippen LogP contribution in [0.2, 0.25) is 0 Å². The fourth-order valence-corrected chi connectivity index (χ4v) is 2.36. The van der Waals surface area contributed by atoms with E-state index in [4.69, 9.17) is 7.85 Å². The van der Waals surface area contributed by atoms with Crippen LogP contribution >= 0.6 is 0 Å². The van der Waals surface area contributed by atoms with Gasteiger partial charge in [0.05, 0.1) is 8.30 Å². The van der Waals surface area contributed by atoms with Gasteiger partial charge in [-0.2, -0.15) is 0 Å². The molecule has 0 bridgehead atoms. The van der Waals surface area contributed by atoms with Crippen molar-refractivity contribution in [3.05, 3.63) is 95.1 Å². The highest BCUT2D eigenvalue weighted by molar-refractivity contribution is 5.97. The SMILES string of the molecule is [2H]C([2H])(NC(=O)c1cc(C(=O)NCc2ccc(C(=O)O)cc2)ncn1)c1ccccc1. The van der Waals surface area contributed by atoms with Gasteiger partial charge >= 0.3 is 5.97 Å². The molecule has 146 valence electrons. The summed E-state index contributed by atoms with van der Waals surface area (Å²) in [6.07, 6.45) is 1.05. The van der Waals surface area contributed by atoms with Gasteiger partial charge in [-0.05, 0) is 23.3 Å². The van der Waals surface area contributed by atoms with Crippen molar-refractivity contribution in [2.45, 2.75) is 13.0 Å². The van der Waals surface area contributed by atoms with Crippen LogP contribution in [0.25, 0.3) is 0 Å². The van der Waals surface area contributed by atoms with Gasteiger partial charge in [0.15, 0.2) is 0 Å². The number of benzene rings is 2. The fraction of sp³-hybridized carbons (Fsp3) is 0.0952. The van der Waals surface area contributed by atoms with Crippen LogP contribution in [-0.2, 0) is 13.0 Å². The molecule has 2 amide bonds. The first-order valence-electron chi connectivity index (χ1n) is 9.57. The van der Waals surface area contributed by atoms with Crippen LogP contribution in [0.5, 0.6) is 0 Å². The molecule has 2 aromatic carbocycles. The summed E-state index contributed by atoms with van der Waals surface area (Å²) in [4.78, 5) is 43.4. The summed E-state index contributed by atoms with van der Waals surface area (Å²) in [6, 6.07) is 15.3. The summed E-state index contributed by atoms with van der Waals surface area (Å²) in [5, 5.41) is 13.8. The number of aromatic nitrogens is 2. The average molecular weight is 392 g/mol. The maximum Gasteiger partial charge on any atom is 0.335 e. The maximum absolute atomic E-state index is 12.5. The van der Waals surface area contributed by atoms with Gasteiger partial charge in [-0.3, -0.25) is 9.59 Å². The third-order valence-electron chi connectivity index (χ3n) is 3.88. The summed E-state index contributed by atoms with van der Waals surface area (Å²) in [5.41, 5.74) is 0.857. The first kappa shape index (κ1) is 17.1. The smallest absolute Gasteiger partial charge is 0.335 e. The van der Waals surface area contributed by atoms with E-state index in [-0.39, 0.29) is 29.1 Å². The van der Waals surface area contributed by atoms with Crippen molar-refractivity contribution >= 4 is 17.8 Å². The Balaban J connectivity index is 1.65. The van der Waals surface area contributed by atoms with Crippen LogP contribution in [0, 0.1) is 0 Å². The molecule has 29 heavy (non-hydrogen) atoms. The number of amides is 2. The summed E-state index contributed by atoms with van der Waals surface area (Å²) in [5.74, 6) is -2.40. The Kier molecular flexibility index (Phi) is 5.43. The molecule has 1 aromatic heterocycles. The molecular formula is C21H18N4O4. The predicted molar refractivity (Wildman–Crippen MR) is 104 cm³/mol. The van der Waals surface area contributed by atoms with E-state index in [0.29, 0.717) is 5.56 Å². The molecule has 8 heteroatoms. The lowest BCUT2D eigenvalue weighted by molar-refractivity contribution is 0.0696. The zero-order valence-electron chi connectivity index (χ0n) is 17.1. The zero-order valence-corrected chi connectivity index (χ0v) is 15.1. The molecule has 0 fully saturated rings. The number of nitrogens with zero attached hydrogens (tertiary/aromatic N) is 2. The quantitative estimate of drug-likeness (QED) is 0.566. The molecule has 0 saturated heterocycles. The first-order valence-corrected chi connectivity index (χ1v) is 8.57. The van der Waals surface area contributed by atoms with Gasteiger partial charge in [0.25, 0.3) is 11.8 Å². The average Bonchev–Trinajstić information content (AvgIpc) is 2.78. The van der Waals surface area contributed by atoms with Crippen molar-refractivity contribution in [1.82, 2.24) is 20.6 Å². The summed E-state index contributed by atoms with van der Waals surface area (Å²) >= 11 is 0. The Morgan fingerprint density at radius 2 is 1.48 bits per heavy atom. The number of hydrogen-bond acceptors (Lipinski definition) is 5. The second-order valence-corrected chi connectivity index (χ2v) is 5.92. The highest BCUT2D eigenvalue weighted by atomic mass is 16.4. The number of carbonyl (C=O) groups is 3. The molecule has 0 aliphatic rings. The summed E-state index contributed by atoms with van der Waals surface area (Å²) in [6.45, 7) is -2.01. The molecule has 8 nitrogen and oxygen atoms in total. The van der Waals surface area contributed by atoms with Crippen LogP contribution in [-0.4, -0.2) is 32.9 Å². The molecule has 3 aromatic rings. The van der Waals surface area contributed by atoms with E-state index in [1.807, 2.05) is 0 Å². The predicted octanol–water partition coefficient (Wildman–Crippen LogP) is 2.03. The number of carbonyl (C=O) groups excluding carboxylic acids is 2. The Morgan fingerprint density at radius 3 is 2.10 bits per heavy atom. The van der Waals surface area contributed by atoms with Gasteiger partial charge in [0, 0.05) is 19.1 Å². The van der Waals surface area contributed by atoms with Crippen molar-refractivity contribution in [2.75, 3.05) is 0 Å². The second-order valence-electron chi connectivity index (χ2n) is 5.92. The lowest BCUT2D eigenvalue weighted by Crippen LogP contribution is -2.27. The number of hydrogen-bond donors (Lipinski definition) is 3. The van der Waals surface area contributed by atoms with Gasteiger partial charge in [0.1, 0.15) is 17.7 Å². The fourth-order valence-electron chi connectivity index (χ4n) is 2.36. The third kappa shape index (κ3) is 5.46.